The standard InChI is InChI=1S/C18H11N5OS/c19-9-12(10-20)11-21-14-7-5-13(6-8-14)17(24)23-18-22-15-3-1-2-4-16(15)25-18/h1-8,11,21H,(H,22,23,24). The van der Waals surface area contributed by atoms with Crippen molar-refractivity contribution in [1.29, 1.82) is 10.5 Å². The van der Waals surface area contributed by atoms with Gasteiger partial charge in [-0.1, -0.05) is 23.5 Å². The quantitative estimate of drug-likeness (QED) is 0.698. The van der Waals surface area contributed by atoms with Crippen molar-refractivity contribution in [1.82, 2.24) is 4.98 Å². The zero-order valence-electron chi connectivity index (χ0n) is 12.9. The molecule has 120 valence electrons. The van der Waals surface area contributed by atoms with Crippen molar-refractivity contribution >= 4 is 38.3 Å². The molecule has 2 N–H and O–H groups in total. The number of anilines is 2. The number of benzene rings is 2. The molecule has 0 aliphatic carbocycles. The first-order valence-electron chi connectivity index (χ1n) is 7.23. The number of amides is 1. The van der Waals surface area contributed by atoms with Gasteiger partial charge in [0.2, 0.25) is 0 Å². The molecule has 6 nitrogen and oxygen atoms in total. The Morgan fingerprint density at radius 1 is 1.08 bits per heavy atom. The van der Waals surface area contributed by atoms with Crippen LogP contribution in [0.2, 0.25) is 0 Å². The predicted molar refractivity (Wildman–Crippen MR) is 96.9 cm³/mol. The Bertz CT molecular complexity index is 989. The lowest BCUT2D eigenvalue weighted by molar-refractivity contribution is 0.102. The third-order valence-corrected chi connectivity index (χ3v) is 4.24. The molecule has 0 atom stereocenters. The lowest BCUT2D eigenvalue weighted by Gasteiger charge is -2.04. The van der Waals surface area contributed by atoms with Gasteiger partial charge < -0.3 is 5.32 Å². The van der Waals surface area contributed by atoms with Gasteiger partial charge in [-0.2, -0.15) is 10.5 Å². The van der Waals surface area contributed by atoms with Crippen molar-refractivity contribution in [3.8, 4) is 12.1 Å². The third-order valence-electron chi connectivity index (χ3n) is 3.29. The van der Waals surface area contributed by atoms with Gasteiger partial charge in [-0.25, -0.2) is 4.98 Å². The SMILES string of the molecule is N#CC(C#N)=CNc1ccc(C(=O)Nc2nc3ccccc3s2)cc1. The van der Waals surface area contributed by atoms with E-state index in [1.54, 1.807) is 36.4 Å². The van der Waals surface area contributed by atoms with Crippen LogP contribution in [-0.2, 0) is 0 Å². The second-order valence-corrected chi connectivity index (χ2v) is 5.97. The molecular weight excluding hydrogens is 334 g/mol. The molecule has 0 bridgehead atoms. The van der Waals surface area contributed by atoms with Gasteiger partial charge >= 0.3 is 0 Å². The smallest absolute Gasteiger partial charge is 0.257 e. The number of fused-ring (bicyclic) bond motifs is 1. The van der Waals surface area contributed by atoms with Crippen LogP contribution in [-0.4, -0.2) is 10.9 Å². The van der Waals surface area contributed by atoms with Gasteiger partial charge in [0.05, 0.1) is 10.2 Å². The number of nitrogens with one attached hydrogen (secondary N) is 2. The number of thiazole rings is 1. The fraction of sp³-hybridized carbons (Fsp3) is 0. The van der Waals surface area contributed by atoms with Gasteiger partial charge in [0.25, 0.3) is 5.91 Å². The summed E-state index contributed by atoms with van der Waals surface area (Å²) in [5, 5.41) is 23.5. The molecule has 0 unspecified atom stereocenters. The number of carbonyl (C=O) groups excluding carboxylic acids is 1. The van der Waals surface area contributed by atoms with Crippen LogP contribution in [0, 0.1) is 22.7 Å². The molecule has 0 saturated carbocycles. The minimum absolute atomic E-state index is 0.0299. The minimum Gasteiger partial charge on any atom is -0.360 e. The number of nitriles is 2. The van der Waals surface area contributed by atoms with Crippen LogP contribution in [0.15, 0.2) is 60.3 Å². The number of hydrogen-bond donors (Lipinski definition) is 2. The van der Waals surface area contributed by atoms with Gasteiger partial charge in [-0.3, -0.25) is 10.1 Å². The van der Waals surface area contributed by atoms with E-state index in [1.165, 1.54) is 17.5 Å². The zero-order valence-corrected chi connectivity index (χ0v) is 13.7. The van der Waals surface area contributed by atoms with Gasteiger partial charge in [-0.05, 0) is 36.4 Å². The van der Waals surface area contributed by atoms with Crippen molar-refractivity contribution in [3.63, 3.8) is 0 Å². The lowest BCUT2D eigenvalue weighted by Crippen LogP contribution is -2.11. The average Bonchev–Trinajstić information content (AvgIpc) is 3.05. The second kappa shape index (κ2) is 7.26. The molecule has 0 fully saturated rings. The van der Waals surface area contributed by atoms with Crippen molar-refractivity contribution < 1.29 is 4.79 Å². The average molecular weight is 345 g/mol. The maximum atomic E-state index is 12.3. The highest BCUT2D eigenvalue weighted by Gasteiger charge is 2.09. The largest absolute Gasteiger partial charge is 0.360 e. The maximum absolute atomic E-state index is 12.3. The number of para-hydroxylation sites is 1. The molecule has 0 spiro atoms. The molecule has 7 heteroatoms. The Kier molecular flexibility index (Phi) is 4.70. The molecular formula is C18H11N5OS. The lowest BCUT2D eigenvalue weighted by atomic mass is 10.2. The van der Waals surface area contributed by atoms with E-state index < -0.39 is 0 Å². The van der Waals surface area contributed by atoms with Crippen LogP contribution < -0.4 is 10.6 Å². The summed E-state index contributed by atoms with van der Waals surface area (Å²) in [5.41, 5.74) is 1.96. The predicted octanol–water partition coefficient (Wildman–Crippen LogP) is 3.89. The molecule has 25 heavy (non-hydrogen) atoms. The van der Waals surface area contributed by atoms with Crippen LogP contribution in [0.1, 0.15) is 10.4 Å². The van der Waals surface area contributed by atoms with Crippen LogP contribution >= 0.6 is 11.3 Å². The molecule has 1 heterocycles. The van der Waals surface area contributed by atoms with Crippen LogP contribution in [0.5, 0.6) is 0 Å². The first-order chi connectivity index (χ1) is 12.2. The van der Waals surface area contributed by atoms with E-state index in [4.69, 9.17) is 10.5 Å². The van der Waals surface area contributed by atoms with E-state index in [0.29, 0.717) is 16.4 Å². The summed E-state index contributed by atoms with van der Waals surface area (Å²) in [7, 11) is 0. The molecule has 0 aliphatic rings. The number of carbonyl (C=O) groups is 1. The normalized spacial score (nSPS) is 9.68. The molecule has 0 radical (unpaired) electrons. The van der Waals surface area contributed by atoms with E-state index in [2.05, 4.69) is 15.6 Å². The van der Waals surface area contributed by atoms with Crippen LogP contribution in [0.3, 0.4) is 0 Å². The summed E-state index contributed by atoms with van der Waals surface area (Å²) in [4.78, 5) is 16.7. The number of aromatic nitrogens is 1. The van der Waals surface area contributed by atoms with E-state index in [9.17, 15) is 4.79 Å². The highest BCUT2D eigenvalue weighted by atomic mass is 32.1. The Morgan fingerprint density at radius 2 is 1.80 bits per heavy atom. The van der Waals surface area contributed by atoms with Crippen molar-refractivity contribution in [2.45, 2.75) is 0 Å². The van der Waals surface area contributed by atoms with Crippen molar-refractivity contribution in [2.75, 3.05) is 10.6 Å². The van der Waals surface area contributed by atoms with Crippen LogP contribution in [0.25, 0.3) is 10.2 Å². The van der Waals surface area contributed by atoms with Crippen molar-refractivity contribution in [3.05, 3.63) is 65.9 Å². The third kappa shape index (κ3) is 3.81. The van der Waals surface area contributed by atoms with E-state index in [-0.39, 0.29) is 11.5 Å². The summed E-state index contributed by atoms with van der Waals surface area (Å²) < 4.78 is 1.01. The molecule has 2 aromatic carbocycles. The summed E-state index contributed by atoms with van der Waals surface area (Å²) in [6.45, 7) is 0. The van der Waals surface area contributed by atoms with E-state index >= 15 is 0 Å². The second-order valence-electron chi connectivity index (χ2n) is 4.94. The molecule has 1 amide bonds. The van der Waals surface area contributed by atoms with Crippen molar-refractivity contribution in [2.24, 2.45) is 0 Å². The Morgan fingerprint density at radius 3 is 2.48 bits per heavy atom. The fourth-order valence-electron chi connectivity index (χ4n) is 2.06. The van der Waals surface area contributed by atoms with E-state index in [0.717, 1.165) is 10.2 Å². The number of nitrogens with zero attached hydrogens (tertiary/aromatic N) is 3. The molecule has 3 rings (SSSR count). The molecule has 1 aromatic heterocycles. The fourth-order valence-corrected chi connectivity index (χ4v) is 2.92. The van der Waals surface area contributed by atoms with Gasteiger partial charge in [0.15, 0.2) is 5.13 Å². The number of rotatable bonds is 4. The zero-order chi connectivity index (χ0) is 17.6. The molecule has 0 saturated heterocycles. The first kappa shape index (κ1) is 16.2. The number of allylic oxidation sites excluding steroid dienone is 1. The summed E-state index contributed by atoms with van der Waals surface area (Å²) in [5.74, 6) is -0.254. The highest BCUT2D eigenvalue weighted by molar-refractivity contribution is 7.22. The highest BCUT2D eigenvalue weighted by Crippen LogP contribution is 2.25. The first-order valence-corrected chi connectivity index (χ1v) is 8.05. The topological polar surface area (TPSA) is 102 Å². The Balaban J connectivity index is 1.69. The summed E-state index contributed by atoms with van der Waals surface area (Å²) in [6, 6.07) is 17.9. The summed E-state index contributed by atoms with van der Waals surface area (Å²) in [6.07, 6.45) is 1.32. The van der Waals surface area contributed by atoms with E-state index in [1.807, 2.05) is 24.3 Å². The minimum atomic E-state index is -0.254. The molecule has 3 aromatic rings. The van der Waals surface area contributed by atoms with Gasteiger partial charge in [0, 0.05) is 17.5 Å². The number of hydrogen-bond acceptors (Lipinski definition) is 6. The van der Waals surface area contributed by atoms with Gasteiger partial charge in [0.1, 0.15) is 17.7 Å². The Hall–Kier alpha value is -3.68. The van der Waals surface area contributed by atoms with Crippen LogP contribution in [0.4, 0.5) is 10.8 Å². The molecule has 0 aliphatic heterocycles. The van der Waals surface area contributed by atoms with Gasteiger partial charge in [-0.15, -0.1) is 0 Å². The maximum Gasteiger partial charge on any atom is 0.257 e. The summed E-state index contributed by atoms with van der Waals surface area (Å²) >= 11 is 1.42. The Labute approximate surface area is 147 Å². The monoisotopic (exact) mass is 345 g/mol.